The minimum atomic E-state index is 0.575. The van der Waals surface area contributed by atoms with Crippen LogP contribution in [0, 0.1) is 6.92 Å². The second-order valence-electron chi connectivity index (χ2n) is 3.06. The molecular formula is C9H9BrClN3. The number of nitrogens with zero attached hydrogens (tertiary/aromatic N) is 2. The van der Waals surface area contributed by atoms with Crippen molar-refractivity contribution in [3.63, 3.8) is 0 Å². The van der Waals surface area contributed by atoms with Crippen molar-refractivity contribution >= 4 is 38.6 Å². The maximum atomic E-state index is 5.95. The molecule has 0 radical (unpaired) electrons. The molecule has 2 rings (SSSR count). The van der Waals surface area contributed by atoms with Gasteiger partial charge in [0.05, 0.1) is 15.6 Å². The fourth-order valence-electron chi connectivity index (χ4n) is 1.41. The Balaban J connectivity index is 2.83. The highest BCUT2D eigenvalue weighted by atomic mass is 79.9. The van der Waals surface area contributed by atoms with Crippen LogP contribution < -0.4 is 0 Å². The Labute approximate surface area is 95.0 Å². The lowest BCUT2D eigenvalue weighted by atomic mass is 10.3. The molecule has 74 valence electrons. The van der Waals surface area contributed by atoms with E-state index in [1.165, 1.54) is 0 Å². The molecule has 3 nitrogen and oxygen atoms in total. The van der Waals surface area contributed by atoms with Crippen molar-refractivity contribution in [2.75, 3.05) is 0 Å². The molecule has 0 aliphatic heterocycles. The third kappa shape index (κ3) is 1.42. The average molecular weight is 275 g/mol. The number of rotatable bonds is 1. The Morgan fingerprint density at radius 3 is 2.79 bits per heavy atom. The van der Waals surface area contributed by atoms with Crippen LogP contribution in [0.4, 0.5) is 0 Å². The zero-order valence-corrected chi connectivity index (χ0v) is 10.2. The quantitative estimate of drug-likeness (QED) is 0.867. The van der Waals surface area contributed by atoms with Crippen LogP contribution in [0.25, 0.3) is 11.0 Å². The molecule has 0 saturated carbocycles. The van der Waals surface area contributed by atoms with Crippen molar-refractivity contribution in [2.24, 2.45) is 0 Å². The van der Waals surface area contributed by atoms with Gasteiger partial charge in [-0.25, -0.2) is 9.97 Å². The second-order valence-corrected chi connectivity index (χ2v) is 4.23. The Kier molecular flexibility index (Phi) is 2.49. The van der Waals surface area contributed by atoms with Crippen LogP contribution >= 0.6 is 27.5 Å². The van der Waals surface area contributed by atoms with E-state index >= 15 is 0 Å². The molecule has 1 N–H and O–H groups in total. The van der Waals surface area contributed by atoms with Gasteiger partial charge in [-0.2, -0.15) is 0 Å². The molecule has 2 aromatic rings. The summed E-state index contributed by atoms with van der Waals surface area (Å²) in [5.74, 6) is 0.834. The number of H-pyrrole nitrogens is 1. The van der Waals surface area contributed by atoms with Crippen LogP contribution in [0.15, 0.2) is 4.47 Å². The van der Waals surface area contributed by atoms with Crippen molar-refractivity contribution in [3.8, 4) is 0 Å². The smallest absolute Gasteiger partial charge is 0.143 e. The predicted molar refractivity (Wildman–Crippen MR) is 60.7 cm³/mol. The van der Waals surface area contributed by atoms with Crippen molar-refractivity contribution in [2.45, 2.75) is 20.3 Å². The number of aromatic amines is 1. The van der Waals surface area contributed by atoms with E-state index in [1.807, 2.05) is 13.8 Å². The zero-order chi connectivity index (χ0) is 10.3. The van der Waals surface area contributed by atoms with Gasteiger partial charge in [-0.05, 0) is 22.9 Å². The van der Waals surface area contributed by atoms with Crippen LogP contribution in [-0.2, 0) is 6.42 Å². The molecule has 0 amide bonds. The van der Waals surface area contributed by atoms with E-state index in [4.69, 9.17) is 11.6 Å². The molecule has 14 heavy (non-hydrogen) atoms. The summed E-state index contributed by atoms with van der Waals surface area (Å²) in [6, 6.07) is 0. The largest absolute Gasteiger partial charge is 0.329 e. The standard InChI is InChI=1S/C9H9BrClN3/c1-3-5-12-4(2)6-7(10)8(11)14-9(6)13-5/h3H2,1-2H3,(H,12,13,14). The van der Waals surface area contributed by atoms with Gasteiger partial charge in [-0.15, -0.1) is 0 Å². The van der Waals surface area contributed by atoms with E-state index in [9.17, 15) is 0 Å². The Morgan fingerprint density at radius 2 is 2.14 bits per heavy atom. The summed E-state index contributed by atoms with van der Waals surface area (Å²) in [4.78, 5) is 11.7. The minimum absolute atomic E-state index is 0.575. The van der Waals surface area contributed by atoms with Gasteiger partial charge < -0.3 is 4.98 Å². The first-order chi connectivity index (χ1) is 6.63. The summed E-state index contributed by atoms with van der Waals surface area (Å²) < 4.78 is 0.842. The van der Waals surface area contributed by atoms with Gasteiger partial charge >= 0.3 is 0 Å². The van der Waals surface area contributed by atoms with E-state index < -0.39 is 0 Å². The van der Waals surface area contributed by atoms with Crippen molar-refractivity contribution in [1.29, 1.82) is 0 Å². The molecular weight excluding hydrogens is 265 g/mol. The van der Waals surface area contributed by atoms with E-state index in [1.54, 1.807) is 0 Å². The third-order valence-corrected chi connectivity index (χ3v) is 3.40. The summed E-state index contributed by atoms with van der Waals surface area (Å²) >= 11 is 9.35. The minimum Gasteiger partial charge on any atom is -0.329 e. The number of fused-ring (bicyclic) bond motifs is 1. The number of hydrogen-bond donors (Lipinski definition) is 1. The molecule has 2 aromatic heterocycles. The topological polar surface area (TPSA) is 41.6 Å². The Morgan fingerprint density at radius 1 is 1.43 bits per heavy atom. The summed E-state index contributed by atoms with van der Waals surface area (Å²) in [6.45, 7) is 3.98. The van der Waals surface area contributed by atoms with Gasteiger partial charge in [0.1, 0.15) is 16.6 Å². The van der Waals surface area contributed by atoms with Gasteiger partial charge in [0.2, 0.25) is 0 Å². The lowest BCUT2D eigenvalue weighted by Gasteiger charge is -1.99. The van der Waals surface area contributed by atoms with Crippen molar-refractivity contribution in [3.05, 3.63) is 21.1 Å². The lowest BCUT2D eigenvalue weighted by molar-refractivity contribution is 0.937. The summed E-state index contributed by atoms with van der Waals surface area (Å²) in [7, 11) is 0. The number of halogens is 2. The molecule has 5 heteroatoms. The molecule has 0 aliphatic rings. The Hall–Kier alpha value is -0.610. The predicted octanol–water partition coefficient (Wildman–Crippen LogP) is 3.24. The molecule has 0 saturated heterocycles. The lowest BCUT2D eigenvalue weighted by Crippen LogP contribution is -1.95. The maximum absolute atomic E-state index is 5.95. The van der Waals surface area contributed by atoms with Crippen LogP contribution in [0.5, 0.6) is 0 Å². The highest BCUT2D eigenvalue weighted by molar-refractivity contribution is 9.10. The Bertz CT molecular complexity index is 492. The first kappa shape index (κ1) is 9.93. The maximum Gasteiger partial charge on any atom is 0.143 e. The molecule has 0 unspecified atom stereocenters. The zero-order valence-electron chi connectivity index (χ0n) is 7.86. The number of aromatic nitrogens is 3. The molecule has 0 bridgehead atoms. The van der Waals surface area contributed by atoms with Gasteiger partial charge in [0, 0.05) is 6.42 Å². The molecule has 0 fully saturated rings. The third-order valence-electron chi connectivity index (χ3n) is 2.09. The van der Waals surface area contributed by atoms with Crippen LogP contribution in [0.1, 0.15) is 18.4 Å². The van der Waals surface area contributed by atoms with E-state index in [0.717, 1.165) is 33.4 Å². The highest BCUT2D eigenvalue weighted by Gasteiger charge is 2.12. The number of aryl methyl sites for hydroxylation is 2. The molecule has 2 heterocycles. The summed E-state index contributed by atoms with van der Waals surface area (Å²) in [5.41, 5.74) is 1.74. The van der Waals surface area contributed by atoms with Crippen LogP contribution in [-0.4, -0.2) is 15.0 Å². The van der Waals surface area contributed by atoms with Crippen molar-refractivity contribution < 1.29 is 0 Å². The number of nitrogens with one attached hydrogen (secondary N) is 1. The number of hydrogen-bond acceptors (Lipinski definition) is 2. The summed E-state index contributed by atoms with van der Waals surface area (Å²) in [5, 5.41) is 1.54. The fraction of sp³-hybridized carbons (Fsp3) is 0.333. The fourth-order valence-corrected chi connectivity index (χ4v) is 2.17. The van der Waals surface area contributed by atoms with Gasteiger partial charge in [-0.3, -0.25) is 0 Å². The molecule has 0 aliphatic carbocycles. The first-order valence-electron chi connectivity index (χ1n) is 4.33. The highest BCUT2D eigenvalue weighted by Crippen LogP contribution is 2.31. The average Bonchev–Trinajstić information content (AvgIpc) is 2.43. The van der Waals surface area contributed by atoms with Gasteiger partial charge in [0.25, 0.3) is 0 Å². The molecule has 0 atom stereocenters. The normalized spacial score (nSPS) is 11.1. The van der Waals surface area contributed by atoms with Gasteiger partial charge in [0.15, 0.2) is 0 Å². The van der Waals surface area contributed by atoms with Crippen molar-refractivity contribution in [1.82, 2.24) is 15.0 Å². The van der Waals surface area contributed by atoms with Crippen LogP contribution in [0.3, 0.4) is 0 Å². The first-order valence-corrected chi connectivity index (χ1v) is 5.50. The van der Waals surface area contributed by atoms with Gasteiger partial charge in [-0.1, -0.05) is 18.5 Å². The SMILES string of the molecule is CCc1nc(C)c2c(Br)c(Cl)[nH]c2n1. The molecule has 0 spiro atoms. The monoisotopic (exact) mass is 273 g/mol. The van der Waals surface area contributed by atoms with E-state index in [2.05, 4.69) is 30.9 Å². The molecule has 0 aromatic carbocycles. The van der Waals surface area contributed by atoms with Crippen LogP contribution in [0.2, 0.25) is 5.15 Å². The van der Waals surface area contributed by atoms with E-state index in [-0.39, 0.29) is 0 Å². The second kappa shape index (κ2) is 3.51. The summed E-state index contributed by atoms with van der Waals surface area (Å²) in [6.07, 6.45) is 0.824. The van der Waals surface area contributed by atoms with E-state index in [0.29, 0.717) is 5.15 Å².